The first kappa shape index (κ1) is 18.8. The van der Waals surface area contributed by atoms with Crippen molar-refractivity contribution in [2.24, 2.45) is 0 Å². The summed E-state index contributed by atoms with van der Waals surface area (Å²) in [7, 11) is 0. The number of carboxylic acids is 1. The highest BCUT2D eigenvalue weighted by Crippen LogP contribution is 2.47. The van der Waals surface area contributed by atoms with Gasteiger partial charge in [-0.15, -0.1) is 11.8 Å². The first-order valence-corrected chi connectivity index (χ1v) is 9.90. The lowest BCUT2D eigenvalue weighted by Gasteiger charge is -2.31. The standard InChI is InChI=1S/C19H24N2O4S/c1-19-10-9-16(22)21(19)15(12-26-19)18(25)20-14(7-8-17(23)24)11-13-5-3-2-4-6-13/h2-6,14-15H,7-12H2,1H3,(H,20,25)(H,23,24). The molecule has 3 unspecified atom stereocenters. The third-order valence-corrected chi connectivity index (χ3v) is 6.63. The van der Waals surface area contributed by atoms with Crippen LogP contribution in [0.4, 0.5) is 0 Å². The number of nitrogens with zero attached hydrogens (tertiary/aromatic N) is 1. The van der Waals surface area contributed by atoms with E-state index >= 15 is 0 Å². The van der Waals surface area contributed by atoms with Crippen molar-refractivity contribution >= 4 is 29.5 Å². The number of carboxylic acid groups (broad SMARTS) is 1. The molecule has 2 saturated heterocycles. The number of carbonyl (C=O) groups is 3. The summed E-state index contributed by atoms with van der Waals surface area (Å²) >= 11 is 1.65. The van der Waals surface area contributed by atoms with Gasteiger partial charge in [-0.25, -0.2) is 0 Å². The minimum atomic E-state index is -0.879. The van der Waals surface area contributed by atoms with Crippen LogP contribution in [0.15, 0.2) is 30.3 Å². The third-order valence-electron chi connectivity index (χ3n) is 5.13. The topological polar surface area (TPSA) is 86.7 Å². The molecule has 1 aromatic carbocycles. The Morgan fingerprint density at radius 3 is 2.81 bits per heavy atom. The predicted molar refractivity (Wildman–Crippen MR) is 99.7 cm³/mol. The zero-order chi connectivity index (χ0) is 18.7. The van der Waals surface area contributed by atoms with Gasteiger partial charge in [0.1, 0.15) is 6.04 Å². The summed E-state index contributed by atoms with van der Waals surface area (Å²) in [6, 6.07) is 8.96. The molecular formula is C19H24N2O4S. The van der Waals surface area contributed by atoms with Gasteiger partial charge >= 0.3 is 5.97 Å². The molecular weight excluding hydrogens is 352 g/mol. The lowest BCUT2D eigenvalue weighted by atomic mass is 10.0. The van der Waals surface area contributed by atoms with Gasteiger partial charge in [-0.05, 0) is 31.7 Å². The molecule has 2 heterocycles. The van der Waals surface area contributed by atoms with E-state index in [0.29, 0.717) is 25.0 Å². The van der Waals surface area contributed by atoms with Crippen LogP contribution in [0.3, 0.4) is 0 Å². The highest BCUT2D eigenvalue weighted by Gasteiger charge is 2.53. The molecule has 1 aromatic rings. The van der Waals surface area contributed by atoms with Crippen LogP contribution in [0.5, 0.6) is 0 Å². The second-order valence-corrected chi connectivity index (χ2v) is 8.59. The Morgan fingerprint density at radius 1 is 1.38 bits per heavy atom. The molecule has 7 heteroatoms. The molecule has 2 fully saturated rings. The van der Waals surface area contributed by atoms with E-state index in [9.17, 15) is 14.4 Å². The van der Waals surface area contributed by atoms with Gasteiger partial charge in [0.2, 0.25) is 11.8 Å². The van der Waals surface area contributed by atoms with Crippen LogP contribution in [0.25, 0.3) is 0 Å². The summed E-state index contributed by atoms with van der Waals surface area (Å²) in [5, 5.41) is 12.0. The number of hydrogen-bond donors (Lipinski definition) is 2. The van der Waals surface area contributed by atoms with E-state index < -0.39 is 12.0 Å². The Morgan fingerprint density at radius 2 is 2.12 bits per heavy atom. The smallest absolute Gasteiger partial charge is 0.303 e. The molecule has 26 heavy (non-hydrogen) atoms. The largest absolute Gasteiger partial charge is 0.481 e. The zero-order valence-electron chi connectivity index (χ0n) is 14.8. The zero-order valence-corrected chi connectivity index (χ0v) is 15.6. The maximum atomic E-state index is 12.9. The molecule has 140 valence electrons. The molecule has 0 saturated carbocycles. The van der Waals surface area contributed by atoms with E-state index in [0.717, 1.165) is 12.0 Å². The molecule has 3 atom stereocenters. The van der Waals surface area contributed by atoms with Crippen molar-refractivity contribution < 1.29 is 19.5 Å². The normalized spacial score (nSPS) is 25.8. The summed E-state index contributed by atoms with van der Waals surface area (Å²) < 4.78 is 0. The lowest BCUT2D eigenvalue weighted by molar-refractivity contribution is -0.138. The molecule has 3 rings (SSSR count). The van der Waals surface area contributed by atoms with E-state index in [1.54, 1.807) is 16.7 Å². The van der Waals surface area contributed by atoms with Crippen molar-refractivity contribution in [3.05, 3.63) is 35.9 Å². The van der Waals surface area contributed by atoms with Gasteiger partial charge < -0.3 is 15.3 Å². The molecule has 2 aliphatic heterocycles. The SMILES string of the molecule is CC12CCC(=O)N1C(C(=O)NC(CCC(=O)O)Cc1ccccc1)CS2. The number of nitrogens with one attached hydrogen (secondary N) is 1. The maximum Gasteiger partial charge on any atom is 0.303 e. The quantitative estimate of drug-likeness (QED) is 0.760. The van der Waals surface area contributed by atoms with Gasteiger partial charge in [0, 0.05) is 24.6 Å². The predicted octanol–water partition coefficient (Wildman–Crippen LogP) is 2.03. The van der Waals surface area contributed by atoms with Crippen LogP contribution in [0.2, 0.25) is 0 Å². The fourth-order valence-electron chi connectivity index (χ4n) is 3.73. The van der Waals surface area contributed by atoms with Gasteiger partial charge in [0.15, 0.2) is 0 Å². The van der Waals surface area contributed by atoms with Crippen molar-refractivity contribution in [1.29, 1.82) is 0 Å². The van der Waals surface area contributed by atoms with Crippen molar-refractivity contribution in [1.82, 2.24) is 10.2 Å². The minimum Gasteiger partial charge on any atom is -0.481 e. The number of rotatable bonds is 7. The van der Waals surface area contributed by atoms with Crippen LogP contribution < -0.4 is 5.32 Å². The van der Waals surface area contributed by atoms with E-state index in [1.165, 1.54) is 0 Å². The Bertz CT molecular complexity index is 696. The van der Waals surface area contributed by atoms with Crippen molar-refractivity contribution in [3.63, 3.8) is 0 Å². The molecule has 6 nitrogen and oxygen atoms in total. The van der Waals surface area contributed by atoms with Crippen LogP contribution in [0, 0.1) is 0 Å². The van der Waals surface area contributed by atoms with E-state index in [4.69, 9.17) is 5.11 Å². The summed E-state index contributed by atoms with van der Waals surface area (Å²) in [6.45, 7) is 2.02. The fraction of sp³-hybridized carbons (Fsp3) is 0.526. The minimum absolute atomic E-state index is 0.00242. The van der Waals surface area contributed by atoms with Gasteiger partial charge in [0.25, 0.3) is 0 Å². The Labute approximate surface area is 157 Å². The Kier molecular flexibility index (Phi) is 5.55. The van der Waals surface area contributed by atoms with Crippen molar-refractivity contribution in [3.8, 4) is 0 Å². The monoisotopic (exact) mass is 376 g/mol. The van der Waals surface area contributed by atoms with Gasteiger partial charge in [0.05, 0.1) is 4.87 Å². The van der Waals surface area contributed by atoms with Crippen molar-refractivity contribution in [2.75, 3.05) is 5.75 Å². The molecule has 2 N–H and O–H groups in total. The highest BCUT2D eigenvalue weighted by atomic mass is 32.2. The van der Waals surface area contributed by atoms with E-state index in [1.807, 2.05) is 37.3 Å². The maximum absolute atomic E-state index is 12.9. The molecule has 0 spiro atoms. The summed E-state index contributed by atoms with van der Waals surface area (Å²) in [5.41, 5.74) is 1.05. The number of hydrogen-bond acceptors (Lipinski definition) is 4. The molecule has 0 aliphatic carbocycles. The highest BCUT2D eigenvalue weighted by molar-refractivity contribution is 8.01. The molecule has 0 bridgehead atoms. The number of benzene rings is 1. The van der Waals surface area contributed by atoms with Gasteiger partial charge in [-0.2, -0.15) is 0 Å². The van der Waals surface area contributed by atoms with Crippen LogP contribution in [-0.2, 0) is 20.8 Å². The lowest BCUT2D eigenvalue weighted by Crippen LogP contribution is -2.52. The Balaban J connectivity index is 1.68. The second kappa shape index (κ2) is 7.70. The summed E-state index contributed by atoms with van der Waals surface area (Å²) in [4.78, 5) is 37.5. The molecule has 0 aromatic heterocycles. The summed E-state index contributed by atoms with van der Waals surface area (Å²) in [6.07, 6.45) is 2.19. The van der Waals surface area contributed by atoms with Crippen molar-refractivity contribution in [2.45, 2.75) is 56.0 Å². The van der Waals surface area contributed by atoms with Crippen LogP contribution >= 0.6 is 11.8 Å². The second-order valence-electron chi connectivity index (χ2n) is 7.09. The summed E-state index contributed by atoms with van der Waals surface area (Å²) in [5.74, 6) is -0.438. The average molecular weight is 376 g/mol. The fourth-order valence-corrected chi connectivity index (χ4v) is 5.17. The third kappa shape index (κ3) is 4.03. The van der Waals surface area contributed by atoms with Gasteiger partial charge in [-0.3, -0.25) is 14.4 Å². The van der Waals surface area contributed by atoms with E-state index in [2.05, 4.69) is 5.32 Å². The molecule has 2 aliphatic rings. The molecule has 0 radical (unpaired) electrons. The average Bonchev–Trinajstić information content (AvgIpc) is 3.10. The number of aliphatic carboxylic acids is 1. The van der Waals surface area contributed by atoms with Crippen LogP contribution in [-0.4, -0.2) is 50.5 Å². The molecule has 2 amide bonds. The number of carbonyl (C=O) groups excluding carboxylic acids is 2. The number of thioether (sulfide) groups is 1. The number of amides is 2. The first-order valence-electron chi connectivity index (χ1n) is 8.91. The Hall–Kier alpha value is -2.02. The van der Waals surface area contributed by atoms with Gasteiger partial charge in [-0.1, -0.05) is 30.3 Å². The first-order chi connectivity index (χ1) is 12.4. The number of fused-ring (bicyclic) bond motifs is 1. The van der Waals surface area contributed by atoms with E-state index in [-0.39, 0.29) is 29.1 Å². The van der Waals surface area contributed by atoms with Crippen LogP contribution in [0.1, 0.15) is 38.2 Å².